The summed E-state index contributed by atoms with van der Waals surface area (Å²) < 4.78 is 10.6. The van der Waals surface area contributed by atoms with Gasteiger partial charge in [-0.15, -0.1) is 0 Å². The summed E-state index contributed by atoms with van der Waals surface area (Å²) >= 11 is 0. The molecule has 1 atom stereocenters. The van der Waals surface area contributed by atoms with Gasteiger partial charge in [-0.1, -0.05) is 13.0 Å². The van der Waals surface area contributed by atoms with Gasteiger partial charge in [-0.05, 0) is 38.0 Å². The van der Waals surface area contributed by atoms with E-state index < -0.39 is 5.41 Å². The van der Waals surface area contributed by atoms with E-state index in [1.54, 1.807) is 7.11 Å². The van der Waals surface area contributed by atoms with Crippen LogP contribution in [0.15, 0.2) is 18.2 Å². The summed E-state index contributed by atoms with van der Waals surface area (Å²) in [5, 5.41) is 2.92. The van der Waals surface area contributed by atoms with E-state index in [4.69, 9.17) is 15.2 Å². The van der Waals surface area contributed by atoms with Gasteiger partial charge in [0, 0.05) is 13.7 Å². The predicted octanol–water partition coefficient (Wildman–Crippen LogP) is 2.33. The van der Waals surface area contributed by atoms with E-state index >= 15 is 0 Å². The first-order chi connectivity index (χ1) is 9.96. The first kappa shape index (κ1) is 17.5. The van der Waals surface area contributed by atoms with Gasteiger partial charge in [-0.25, -0.2) is 0 Å². The number of ether oxygens (including phenoxy) is 2. The summed E-state index contributed by atoms with van der Waals surface area (Å²) in [7, 11) is 1.62. The molecular weight excluding hydrogens is 268 g/mol. The largest absolute Gasteiger partial charge is 0.489 e. The molecule has 21 heavy (non-hydrogen) atoms. The van der Waals surface area contributed by atoms with Crippen molar-refractivity contribution in [1.29, 1.82) is 0 Å². The lowest BCUT2D eigenvalue weighted by Gasteiger charge is -2.25. The van der Waals surface area contributed by atoms with E-state index in [2.05, 4.69) is 5.32 Å². The molecule has 1 aromatic carbocycles. The monoisotopic (exact) mass is 294 g/mol. The van der Waals surface area contributed by atoms with Crippen LogP contribution in [-0.4, -0.2) is 32.8 Å². The molecule has 5 nitrogen and oxygen atoms in total. The Bertz CT molecular complexity index is 471. The van der Waals surface area contributed by atoms with E-state index in [1.165, 1.54) is 0 Å². The van der Waals surface area contributed by atoms with Crippen molar-refractivity contribution in [3.05, 3.63) is 23.8 Å². The molecule has 0 heterocycles. The first-order valence-electron chi connectivity index (χ1n) is 7.20. The number of amides is 1. The van der Waals surface area contributed by atoms with Crippen LogP contribution in [0.5, 0.6) is 5.75 Å². The van der Waals surface area contributed by atoms with Crippen molar-refractivity contribution in [3.8, 4) is 5.75 Å². The molecule has 0 saturated carbocycles. The molecule has 1 unspecified atom stereocenters. The maximum absolute atomic E-state index is 12.4. The second-order valence-corrected chi connectivity index (χ2v) is 5.41. The van der Waals surface area contributed by atoms with E-state index in [1.807, 2.05) is 39.0 Å². The van der Waals surface area contributed by atoms with Crippen molar-refractivity contribution in [3.63, 3.8) is 0 Å². The van der Waals surface area contributed by atoms with Crippen molar-refractivity contribution < 1.29 is 14.3 Å². The molecular formula is C16H26N2O3. The van der Waals surface area contributed by atoms with Gasteiger partial charge in [0.2, 0.25) is 5.91 Å². The molecule has 118 valence electrons. The normalized spacial score (nSPS) is 13.6. The van der Waals surface area contributed by atoms with Crippen LogP contribution in [0.4, 0.5) is 5.69 Å². The van der Waals surface area contributed by atoms with Crippen molar-refractivity contribution >= 4 is 11.6 Å². The number of carbonyl (C=O) groups is 1. The van der Waals surface area contributed by atoms with E-state index in [0.29, 0.717) is 37.6 Å². The molecule has 1 amide bonds. The number of nitrogens with two attached hydrogens (primary N) is 1. The molecule has 0 fully saturated rings. The number of anilines is 1. The van der Waals surface area contributed by atoms with Crippen molar-refractivity contribution in [1.82, 2.24) is 0 Å². The van der Waals surface area contributed by atoms with Gasteiger partial charge >= 0.3 is 0 Å². The molecule has 0 aromatic heterocycles. The van der Waals surface area contributed by atoms with Crippen LogP contribution in [-0.2, 0) is 9.53 Å². The standard InChI is InChI=1S/C16H26N2O3/c1-5-16(3,11-17)15(19)18-13-7-6-12(2)10-14(13)21-9-8-20-4/h6-7,10H,5,8-9,11,17H2,1-4H3,(H,18,19). The Morgan fingerprint density at radius 1 is 1.38 bits per heavy atom. The number of aryl methyl sites for hydroxylation is 1. The number of nitrogens with one attached hydrogen (secondary N) is 1. The zero-order valence-electron chi connectivity index (χ0n) is 13.4. The van der Waals surface area contributed by atoms with Crippen LogP contribution in [0.1, 0.15) is 25.8 Å². The summed E-state index contributed by atoms with van der Waals surface area (Å²) in [5.74, 6) is 0.559. The fourth-order valence-corrected chi connectivity index (χ4v) is 1.76. The molecule has 1 rings (SSSR count). The molecule has 0 aliphatic carbocycles. The van der Waals surface area contributed by atoms with Gasteiger partial charge in [0.25, 0.3) is 0 Å². The highest BCUT2D eigenvalue weighted by molar-refractivity contribution is 5.96. The summed E-state index contributed by atoms with van der Waals surface area (Å²) in [5.41, 5.74) is 6.88. The van der Waals surface area contributed by atoms with Crippen LogP contribution in [0, 0.1) is 12.3 Å². The molecule has 0 spiro atoms. The Hall–Kier alpha value is -1.59. The second kappa shape index (κ2) is 8.00. The average molecular weight is 294 g/mol. The fourth-order valence-electron chi connectivity index (χ4n) is 1.76. The molecule has 0 bridgehead atoms. The van der Waals surface area contributed by atoms with Gasteiger partial charge < -0.3 is 20.5 Å². The Balaban J connectivity index is 2.89. The van der Waals surface area contributed by atoms with Crippen LogP contribution in [0.2, 0.25) is 0 Å². The average Bonchev–Trinajstić information content (AvgIpc) is 2.49. The highest BCUT2D eigenvalue weighted by Gasteiger charge is 2.30. The van der Waals surface area contributed by atoms with Gasteiger partial charge in [0.15, 0.2) is 0 Å². The first-order valence-corrected chi connectivity index (χ1v) is 7.20. The number of carbonyl (C=O) groups excluding carboxylic acids is 1. The van der Waals surface area contributed by atoms with Crippen molar-refractivity contribution in [2.45, 2.75) is 27.2 Å². The van der Waals surface area contributed by atoms with Gasteiger partial charge in [0.05, 0.1) is 17.7 Å². The third-order valence-corrected chi connectivity index (χ3v) is 3.71. The minimum Gasteiger partial charge on any atom is -0.489 e. The summed E-state index contributed by atoms with van der Waals surface area (Å²) in [6, 6.07) is 5.68. The topological polar surface area (TPSA) is 73.6 Å². The lowest BCUT2D eigenvalue weighted by Crippen LogP contribution is -2.39. The van der Waals surface area contributed by atoms with Crippen LogP contribution < -0.4 is 15.8 Å². The van der Waals surface area contributed by atoms with E-state index in [-0.39, 0.29) is 5.91 Å². The lowest BCUT2D eigenvalue weighted by atomic mass is 9.86. The highest BCUT2D eigenvalue weighted by Crippen LogP contribution is 2.29. The van der Waals surface area contributed by atoms with Crippen molar-refractivity contribution in [2.75, 3.05) is 32.2 Å². The minimum absolute atomic E-state index is 0.0899. The molecule has 3 N–H and O–H groups in total. The van der Waals surface area contributed by atoms with E-state index in [9.17, 15) is 4.79 Å². The minimum atomic E-state index is -0.575. The smallest absolute Gasteiger partial charge is 0.231 e. The lowest BCUT2D eigenvalue weighted by molar-refractivity contribution is -0.124. The number of methoxy groups -OCH3 is 1. The summed E-state index contributed by atoms with van der Waals surface area (Å²) in [6.07, 6.45) is 0.682. The zero-order valence-corrected chi connectivity index (χ0v) is 13.4. The summed E-state index contributed by atoms with van der Waals surface area (Å²) in [4.78, 5) is 12.4. The highest BCUT2D eigenvalue weighted by atomic mass is 16.5. The molecule has 5 heteroatoms. The van der Waals surface area contributed by atoms with Crippen LogP contribution in [0.25, 0.3) is 0 Å². The third kappa shape index (κ3) is 4.72. The quantitative estimate of drug-likeness (QED) is 0.722. The second-order valence-electron chi connectivity index (χ2n) is 5.41. The number of hydrogen-bond acceptors (Lipinski definition) is 4. The Labute approximate surface area is 126 Å². The van der Waals surface area contributed by atoms with Gasteiger partial charge in [-0.2, -0.15) is 0 Å². The van der Waals surface area contributed by atoms with Crippen molar-refractivity contribution in [2.24, 2.45) is 11.1 Å². The predicted molar refractivity (Wildman–Crippen MR) is 84.6 cm³/mol. The maximum Gasteiger partial charge on any atom is 0.231 e. The maximum atomic E-state index is 12.4. The fraction of sp³-hybridized carbons (Fsp3) is 0.562. The Morgan fingerprint density at radius 2 is 2.10 bits per heavy atom. The molecule has 0 radical (unpaired) electrons. The number of rotatable bonds is 8. The molecule has 0 saturated heterocycles. The van der Waals surface area contributed by atoms with E-state index in [0.717, 1.165) is 5.56 Å². The molecule has 0 aliphatic heterocycles. The van der Waals surface area contributed by atoms with Crippen LogP contribution >= 0.6 is 0 Å². The SMILES string of the molecule is CCC(C)(CN)C(=O)Nc1ccc(C)cc1OCCOC. The molecule has 0 aliphatic rings. The van der Waals surface area contributed by atoms with Crippen LogP contribution in [0.3, 0.4) is 0 Å². The Morgan fingerprint density at radius 3 is 2.67 bits per heavy atom. The van der Waals surface area contributed by atoms with Gasteiger partial charge in [0.1, 0.15) is 12.4 Å². The Kier molecular flexibility index (Phi) is 6.65. The summed E-state index contributed by atoms with van der Waals surface area (Å²) in [6.45, 7) is 7.03. The number of hydrogen-bond donors (Lipinski definition) is 2. The third-order valence-electron chi connectivity index (χ3n) is 3.71. The van der Waals surface area contributed by atoms with Gasteiger partial charge in [-0.3, -0.25) is 4.79 Å². The molecule has 1 aromatic rings. The zero-order chi connectivity index (χ0) is 15.9. The number of benzene rings is 1.